The summed E-state index contributed by atoms with van der Waals surface area (Å²) in [5.74, 6) is 0.911. The molecule has 0 fully saturated rings. The van der Waals surface area contributed by atoms with E-state index in [2.05, 4.69) is 57.6 Å². The Morgan fingerprint density at radius 3 is 2.89 bits per heavy atom. The van der Waals surface area contributed by atoms with Gasteiger partial charge in [-0.25, -0.2) is 0 Å². The molecule has 0 saturated heterocycles. The van der Waals surface area contributed by atoms with Gasteiger partial charge in [-0.15, -0.1) is 0 Å². The molecule has 0 amide bonds. The third-order valence-corrected chi connectivity index (χ3v) is 4.34. The Balaban J connectivity index is 1.77. The van der Waals surface area contributed by atoms with Crippen molar-refractivity contribution < 1.29 is 4.74 Å². The predicted octanol–water partition coefficient (Wildman–Crippen LogP) is 4.04. The number of hydrogen-bond donors (Lipinski definition) is 1. The van der Waals surface area contributed by atoms with Crippen molar-refractivity contribution in [2.75, 3.05) is 12.4 Å². The number of methoxy groups -OCH3 is 1. The summed E-state index contributed by atoms with van der Waals surface area (Å²) in [5, 5.41) is 3.59. The van der Waals surface area contributed by atoms with Gasteiger partial charge in [0, 0.05) is 16.2 Å². The molecule has 2 aromatic rings. The molecule has 1 N–H and O–H groups in total. The van der Waals surface area contributed by atoms with E-state index >= 15 is 0 Å². The lowest BCUT2D eigenvalue weighted by Crippen LogP contribution is -2.18. The highest BCUT2D eigenvalue weighted by molar-refractivity contribution is 9.10. The van der Waals surface area contributed by atoms with Crippen LogP contribution in [-0.4, -0.2) is 13.2 Å². The van der Waals surface area contributed by atoms with Gasteiger partial charge in [-0.3, -0.25) is 0 Å². The fourth-order valence-corrected chi connectivity index (χ4v) is 3.01. The molecule has 0 bridgehead atoms. The first kappa shape index (κ1) is 12.5. The van der Waals surface area contributed by atoms with Crippen LogP contribution in [0.25, 0.3) is 0 Å². The second-order valence-corrected chi connectivity index (χ2v) is 5.72. The van der Waals surface area contributed by atoms with Gasteiger partial charge in [0.15, 0.2) is 0 Å². The van der Waals surface area contributed by atoms with Gasteiger partial charge in [0.05, 0.1) is 7.11 Å². The van der Waals surface area contributed by atoms with E-state index < -0.39 is 0 Å². The van der Waals surface area contributed by atoms with E-state index in [4.69, 9.17) is 4.74 Å². The molecule has 98 valence electrons. The van der Waals surface area contributed by atoms with Gasteiger partial charge in [-0.05, 0) is 48.2 Å². The zero-order valence-corrected chi connectivity index (χ0v) is 12.4. The minimum atomic E-state index is 0.459. The van der Waals surface area contributed by atoms with Crippen molar-refractivity contribution >= 4 is 21.6 Å². The van der Waals surface area contributed by atoms with Gasteiger partial charge < -0.3 is 10.1 Å². The fourth-order valence-electron chi connectivity index (χ4n) is 2.60. The molecule has 1 atom stereocenters. The second-order valence-electron chi connectivity index (χ2n) is 4.86. The topological polar surface area (TPSA) is 21.3 Å². The maximum Gasteiger partial charge on any atom is 0.119 e. The van der Waals surface area contributed by atoms with Crippen molar-refractivity contribution in [3.8, 4) is 5.75 Å². The van der Waals surface area contributed by atoms with Crippen LogP contribution in [0.4, 0.5) is 5.69 Å². The largest absolute Gasteiger partial charge is 0.497 e. The highest BCUT2D eigenvalue weighted by Gasteiger charge is 2.20. The normalized spacial score (nSPS) is 16.8. The van der Waals surface area contributed by atoms with Crippen LogP contribution in [0, 0.1) is 0 Å². The van der Waals surface area contributed by atoms with Crippen LogP contribution in [0.3, 0.4) is 0 Å². The van der Waals surface area contributed by atoms with Crippen LogP contribution in [0.2, 0.25) is 0 Å². The lowest BCUT2D eigenvalue weighted by molar-refractivity contribution is 0.414. The van der Waals surface area contributed by atoms with Crippen LogP contribution in [0.1, 0.15) is 11.1 Å². The van der Waals surface area contributed by atoms with Crippen molar-refractivity contribution in [2.24, 2.45) is 0 Å². The van der Waals surface area contributed by atoms with Gasteiger partial charge in [-0.2, -0.15) is 0 Å². The molecule has 0 spiro atoms. The zero-order valence-electron chi connectivity index (χ0n) is 10.8. The maximum absolute atomic E-state index is 5.29. The first-order valence-electron chi connectivity index (χ1n) is 6.43. The fraction of sp³-hybridized carbons (Fsp3) is 0.250. The van der Waals surface area contributed by atoms with Crippen molar-refractivity contribution in [1.82, 2.24) is 0 Å². The number of rotatable bonds is 3. The molecule has 19 heavy (non-hydrogen) atoms. The smallest absolute Gasteiger partial charge is 0.119 e. The Kier molecular flexibility index (Phi) is 3.47. The number of anilines is 1. The Bertz CT molecular complexity index is 572. The molecule has 0 radical (unpaired) electrons. The van der Waals surface area contributed by atoms with E-state index in [1.54, 1.807) is 7.11 Å². The molecular weight excluding hydrogens is 302 g/mol. The first-order valence-corrected chi connectivity index (χ1v) is 7.22. The maximum atomic E-state index is 5.29. The van der Waals surface area contributed by atoms with Gasteiger partial charge in [0.25, 0.3) is 0 Å². The molecular formula is C16H16BrNO. The van der Waals surface area contributed by atoms with E-state index in [-0.39, 0.29) is 0 Å². The number of benzene rings is 2. The van der Waals surface area contributed by atoms with Crippen LogP contribution < -0.4 is 10.1 Å². The predicted molar refractivity (Wildman–Crippen MR) is 82.0 cm³/mol. The molecule has 1 heterocycles. The van der Waals surface area contributed by atoms with E-state index in [0.29, 0.717) is 6.04 Å². The summed E-state index contributed by atoms with van der Waals surface area (Å²) in [7, 11) is 1.71. The summed E-state index contributed by atoms with van der Waals surface area (Å²) in [5.41, 5.74) is 3.96. The van der Waals surface area contributed by atoms with Crippen LogP contribution >= 0.6 is 15.9 Å². The van der Waals surface area contributed by atoms with Crippen LogP contribution in [-0.2, 0) is 12.8 Å². The third-order valence-electron chi connectivity index (χ3n) is 3.56. The molecule has 2 nitrogen and oxygen atoms in total. The minimum Gasteiger partial charge on any atom is -0.497 e. The summed E-state index contributed by atoms with van der Waals surface area (Å²) in [4.78, 5) is 0. The second kappa shape index (κ2) is 5.25. The summed E-state index contributed by atoms with van der Waals surface area (Å²) in [6.45, 7) is 0. The first-order chi connectivity index (χ1) is 9.26. The Morgan fingerprint density at radius 1 is 1.26 bits per heavy atom. The van der Waals surface area contributed by atoms with Crippen molar-refractivity contribution in [1.29, 1.82) is 0 Å². The monoisotopic (exact) mass is 317 g/mol. The average Bonchev–Trinajstić information content (AvgIpc) is 2.83. The number of ether oxygens (including phenoxy) is 1. The summed E-state index contributed by atoms with van der Waals surface area (Å²) < 4.78 is 6.44. The van der Waals surface area contributed by atoms with Gasteiger partial charge >= 0.3 is 0 Å². The summed E-state index contributed by atoms with van der Waals surface area (Å²) >= 11 is 3.62. The van der Waals surface area contributed by atoms with Gasteiger partial charge in [0.1, 0.15) is 5.75 Å². The third kappa shape index (κ3) is 2.61. The SMILES string of the molecule is COc1ccc(Br)c(CC2Cc3ccccc3N2)c1. The lowest BCUT2D eigenvalue weighted by atomic mass is 10.0. The lowest BCUT2D eigenvalue weighted by Gasteiger charge is -2.13. The highest BCUT2D eigenvalue weighted by atomic mass is 79.9. The molecule has 0 saturated carbocycles. The number of para-hydroxylation sites is 1. The Labute approximate surface area is 121 Å². The van der Waals surface area contributed by atoms with E-state index in [0.717, 1.165) is 23.1 Å². The Morgan fingerprint density at radius 2 is 2.11 bits per heavy atom. The van der Waals surface area contributed by atoms with Crippen molar-refractivity contribution in [3.63, 3.8) is 0 Å². The summed E-state index contributed by atoms with van der Waals surface area (Å²) in [6.07, 6.45) is 2.08. The molecule has 1 aliphatic heterocycles. The zero-order chi connectivity index (χ0) is 13.2. The van der Waals surface area contributed by atoms with E-state index in [1.165, 1.54) is 16.8 Å². The number of halogens is 1. The molecule has 3 heteroatoms. The molecule has 0 aromatic heterocycles. The molecule has 1 unspecified atom stereocenters. The number of nitrogens with one attached hydrogen (secondary N) is 1. The average molecular weight is 318 g/mol. The number of fused-ring (bicyclic) bond motifs is 1. The molecule has 1 aliphatic rings. The van der Waals surface area contributed by atoms with Crippen molar-refractivity contribution in [2.45, 2.75) is 18.9 Å². The molecule has 2 aromatic carbocycles. The van der Waals surface area contributed by atoms with Gasteiger partial charge in [0.2, 0.25) is 0 Å². The molecule has 3 rings (SSSR count). The minimum absolute atomic E-state index is 0.459. The van der Waals surface area contributed by atoms with E-state index in [9.17, 15) is 0 Å². The van der Waals surface area contributed by atoms with Crippen molar-refractivity contribution in [3.05, 3.63) is 58.1 Å². The van der Waals surface area contributed by atoms with E-state index in [1.807, 2.05) is 6.07 Å². The standard InChI is InChI=1S/C16H16BrNO/c1-19-14-6-7-15(17)12(10-14)9-13-8-11-4-2-3-5-16(11)18-13/h2-7,10,13,18H,8-9H2,1H3. The Hall–Kier alpha value is -1.48. The highest BCUT2D eigenvalue weighted by Crippen LogP contribution is 2.30. The summed E-state index contributed by atoms with van der Waals surface area (Å²) in [6, 6.07) is 15.1. The van der Waals surface area contributed by atoms with Crippen LogP contribution in [0.5, 0.6) is 5.75 Å². The molecule has 0 aliphatic carbocycles. The van der Waals surface area contributed by atoms with Gasteiger partial charge in [-0.1, -0.05) is 34.1 Å². The number of hydrogen-bond acceptors (Lipinski definition) is 2. The van der Waals surface area contributed by atoms with Crippen LogP contribution in [0.15, 0.2) is 46.9 Å². The quantitative estimate of drug-likeness (QED) is 0.922.